The number of aryl methyl sites for hydroxylation is 1. The quantitative estimate of drug-likeness (QED) is 0.629. The molecule has 0 aliphatic heterocycles. The van der Waals surface area contributed by atoms with Gasteiger partial charge in [-0.15, -0.1) is 0 Å². The van der Waals surface area contributed by atoms with Crippen molar-refractivity contribution in [1.29, 1.82) is 0 Å². The minimum absolute atomic E-state index is 0.0897. The number of ether oxygens (including phenoxy) is 1. The van der Waals surface area contributed by atoms with E-state index >= 15 is 0 Å². The van der Waals surface area contributed by atoms with Crippen molar-refractivity contribution in [3.63, 3.8) is 0 Å². The van der Waals surface area contributed by atoms with Crippen LogP contribution in [-0.4, -0.2) is 36.2 Å². The Kier molecular flexibility index (Phi) is 8.24. The predicted molar refractivity (Wildman–Crippen MR) is 112 cm³/mol. The van der Waals surface area contributed by atoms with E-state index < -0.39 is 24.5 Å². The van der Waals surface area contributed by atoms with Crippen LogP contribution in [0.3, 0.4) is 0 Å². The van der Waals surface area contributed by atoms with E-state index in [2.05, 4.69) is 10.6 Å². The first-order valence-corrected chi connectivity index (χ1v) is 9.85. The van der Waals surface area contributed by atoms with Gasteiger partial charge in [-0.05, 0) is 40.9 Å². The smallest absolute Gasteiger partial charge is 0.321 e. The molecule has 0 aromatic heterocycles. The fourth-order valence-corrected chi connectivity index (χ4v) is 2.81. The number of nitrogens with one attached hydrogen (secondary N) is 2. The van der Waals surface area contributed by atoms with E-state index in [4.69, 9.17) is 4.74 Å². The lowest BCUT2D eigenvalue weighted by molar-refractivity contribution is -0.148. The largest absolute Gasteiger partial charge is 0.507 e. The number of hydrogen-bond acceptors (Lipinski definition) is 5. The molecule has 0 aliphatic carbocycles. The second-order valence-corrected chi connectivity index (χ2v) is 9.11. The number of carbonyl (C=O) groups excluding carboxylic acids is 3. The molecule has 0 fully saturated rings. The topological polar surface area (TPSA) is 105 Å². The molecule has 1 rings (SSSR count). The first-order chi connectivity index (χ1) is 13.3. The second kappa shape index (κ2) is 9.76. The summed E-state index contributed by atoms with van der Waals surface area (Å²) in [5.74, 6) is -0.920. The Morgan fingerprint density at radius 2 is 1.52 bits per heavy atom. The lowest BCUT2D eigenvalue weighted by Gasteiger charge is -2.28. The zero-order chi connectivity index (χ0) is 22.4. The van der Waals surface area contributed by atoms with Gasteiger partial charge in [0.1, 0.15) is 5.75 Å². The van der Waals surface area contributed by atoms with Gasteiger partial charge in [-0.3, -0.25) is 14.9 Å². The Hall–Kier alpha value is -2.57. The number of urea groups is 1. The van der Waals surface area contributed by atoms with Crippen LogP contribution in [0.15, 0.2) is 12.1 Å². The molecule has 0 bridgehead atoms. The summed E-state index contributed by atoms with van der Waals surface area (Å²) in [6.45, 7) is 13.8. The predicted octanol–water partition coefficient (Wildman–Crippen LogP) is 3.31. The average Bonchev–Trinajstić information content (AvgIpc) is 2.57. The number of benzene rings is 1. The minimum atomic E-state index is -0.682. The maximum atomic E-state index is 12.0. The molecule has 0 saturated carbocycles. The van der Waals surface area contributed by atoms with Crippen LogP contribution in [0.5, 0.6) is 5.75 Å². The van der Waals surface area contributed by atoms with Gasteiger partial charge >= 0.3 is 12.0 Å². The highest BCUT2D eigenvalue weighted by Gasteiger charge is 2.26. The van der Waals surface area contributed by atoms with Gasteiger partial charge in [0.15, 0.2) is 6.61 Å². The Morgan fingerprint density at radius 3 is 1.97 bits per heavy atom. The van der Waals surface area contributed by atoms with Crippen LogP contribution in [0.2, 0.25) is 0 Å². The van der Waals surface area contributed by atoms with E-state index in [1.54, 1.807) is 6.92 Å². The number of hydrogen-bond donors (Lipinski definition) is 3. The van der Waals surface area contributed by atoms with E-state index in [0.717, 1.165) is 16.7 Å². The summed E-state index contributed by atoms with van der Waals surface area (Å²) in [7, 11) is 0. The molecule has 162 valence electrons. The molecule has 29 heavy (non-hydrogen) atoms. The molecule has 1 aromatic carbocycles. The van der Waals surface area contributed by atoms with Gasteiger partial charge in [0.25, 0.3) is 5.91 Å². The summed E-state index contributed by atoms with van der Waals surface area (Å²) in [6, 6.07) is 3.21. The molecule has 0 spiro atoms. The molecular weight excluding hydrogens is 372 g/mol. The zero-order valence-electron chi connectivity index (χ0n) is 18.6. The number of phenols is 1. The molecule has 0 heterocycles. The van der Waals surface area contributed by atoms with E-state index in [1.165, 1.54) is 0 Å². The third kappa shape index (κ3) is 7.75. The molecule has 0 radical (unpaired) electrons. The van der Waals surface area contributed by atoms with Crippen molar-refractivity contribution >= 4 is 17.9 Å². The van der Waals surface area contributed by atoms with Gasteiger partial charge in [-0.1, -0.05) is 53.7 Å². The Labute approximate surface area is 173 Å². The van der Waals surface area contributed by atoms with Gasteiger partial charge in [0, 0.05) is 13.0 Å². The lowest BCUT2D eigenvalue weighted by atomic mass is 9.78. The highest BCUT2D eigenvalue weighted by molar-refractivity contribution is 5.95. The van der Waals surface area contributed by atoms with Crippen LogP contribution in [0.25, 0.3) is 0 Å². The van der Waals surface area contributed by atoms with Crippen molar-refractivity contribution in [3.8, 4) is 5.75 Å². The van der Waals surface area contributed by atoms with Gasteiger partial charge < -0.3 is 15.2 Å². The Bertz CT molecular complexity index is 722. The fourth-order valence-electron chi connectivity index (χ4n) is 2.81. The molecule has 0 unspecified atom stereocenters. The SMILES string of the molecule is CCNC(=O)NC(=O)COC(=O)CCc1cc(C(C)(C)C)c(O)c(C(C)(C)C)c1. The molecule has 3 N–H and O–H groups in total. The molecule has 1 aromatic rings. The van der Waals surface area contributed by atoms with Gasteiger partial charge in [0.2, 0.25) is 0 Å². The maximum absolute atomic E-state index is 12.0. The summed E-state index contributed by atoms with van der Waals surface area (Å²) in [5, 5.41) is 15.2. The van der Waals surface area contributed by atoms with Crippen LogP contribution in [0.4, 0.5) is 4.79 Å². The number of aromatic hydroxyl groups is 1. The van der Waals surface area contributed by atoms with Crippen molar-refractivity contribution in [2.24, 2.45) is 0 Å². The van der Waals surface area contributed by atoms with Crippen LogP contribution < -0.4 is 10.6 Å². The zero-order valence-corrected chi connectivity index (χ0v) is 18.6. The first-order valence-electron chi connectivity index (χ1n) is 9.85. The van der Waals surface area contributed by atoms with Crippen LogP contribution in [0, 0.1) is 0 Å². The molecule has 7 heteroatoms. The van der Waals surface area contributed by atoms with Crippen LogP contribution in [0.1, 0.15) is 71.6 Å². The molecule has 3 amide bonds. The van der Waals surface area contributed by atoms with Crippen molar-refractivity contribution in [2.45, 2.75) is 72.1 Å². The number of phenolic OH excluding ortho intramolecular Hbond substituents is 1. The first kappa shape index (κ1) is 24.5. The van der Waals surface area contributed by atoms with E-state index in [0.29, 0.717) is 18.7 Å². The second-order valence-electron chi connectivity index (χ2n) is 9.11. The summed E-state index contributed by atoms with van der Waals surface area (Å²) in [4.78, 5) is 34.8. The van der Waals surface area contributed by atoms with E-state index in [-0.39, 0.29) is 17.3 Å². The van der Waals surface area contributed by atoms with Crippen molar-refractivity contribution < 1.29 is 24.2 Å². The van der Waals surface area contributed by atoms with Crippen LogP contribution >= 0.6 is 0 Å². The molecule has 0 saturated heterocycles. The van der Waals surface area contributed by atoms with Gasteiger partial charge in [-0.2, -0.15) is 0 Å². The van der Waals surface area contributed by atoms with Crippen molar-refractivity contribution in [2.75, 3.05) is 13.2 Å². The molecule has 0 aliphatic rings. The third-order valence-corrected chi connectivity index (χ3v) is 4.36. The van der Waals surface area contributed by atoms with Gasteiger partial charge in [-0.25, -0.2) is 4.79 Å². The maximum Gasteiger partial charge on any atom is 0.321 e. The Balaban J connectivity index is 2.80. The van der Waals surface area contributed by atoms with Gasteiger partial charge in [0.05, 0.1) is 0 Å². The summed E-state index contributed by atoms with van der Waals surface area (Å²) in [6.07, 6.45) is 0.510. The summed E-state index contributed by atoms with van der Waals surface area (Å²) >= 11 is 0. The average molecular weight is 407 g/mol. The normalized spacial score (nSPS) is 11.7. The molecular formula is C22H34N2O5. The number of rotatable bonds is 6. The number of amides is 3. The summed E-state index contributed by atoms with van der Waals surface area (Å²) in [5.41, 5.74) is 2.07. The minimum Gasteiger partial charge on any atom is -0.507 e. The highest BCUT2D eigenvalue weighted by Crippen LogP contribution is 2.39. The lowest BCUT2D eigenvalue weighted by Crippen LogP contribution is -2.41. The van der Waals surface area contributed by atoms with Crippen LogP contribution in [-0.2, 0) is 31.6 Å². The van der Waals surface area contributed by atoms with Crippen molar-refractivity contribution in [1.82, 2.24) is 10.6 Å². The number of carbonyl (C=O) groups is 3. The standard InChI is InChI=1S/C22H34N2O5/c1-8-23-20(28)24-17(25)13-29-18(26)10-9-14-11-15(21(2,3)4)19(27)16(12-14)22(5,6)7/h11-12,27H,8-10,13H2,1-7H3,(H2,23,24,25,28). The molecule has 7 nitrogen and oxygen atoms in total. The van der Waals surface area contributed by atoms with E-state index in [9.17, 15) is 19.5 Å². The highest BCUT2D eigenvalue weighted by atomic mass is 16.5. The third-order valence-electron chi connectivity index (χ3n) is 4.36. The number of esters is 1. The van der Waals surface area contributed by atoms with E-state index in [1.807, 2.05) is 53.7 Å². The summed E-state index contributed by atoms with van der Waals surface area (Å²) < 4.78 is 4.94. The monoisotopic (exact) mass is 406 g/mol. The fraction of sp³-hybridized carbons (Fsp3) is 0.591. The number of imide groups is 1. The van der Waals surface area contributed by atoms with Crippen molar-refractivity contribution in [3.05, 3.63) is 28.8 Å². The molecule has 0 atom stereocenters. The Morgan fingerprint density at radius 1 is 1.00 bits per heavy atom.